The molecule has 1 atom stereocenters. The Morgan fingerprint density at radius 3 is 2.15 bits per heavy atom. The molecule has 1 amide bonds. The van der Waals surface area contributed by atoms with Gasteiger partial charge in [0.15, 0.2) is 10.8 Å². The van der Waals surface area contributed by atoms with Crippen LogP contribution in [0.1, 0.15) is 18.1 Å². The summed E-state index contributed by atoms with van der Waals surface area (Å²) in [7, 11) is 0. The van der Waals surface area contributed by atoms with E-state index in [4.69, 9.17) is 5.10 Å². The van der Waals surface area contributed by atoms with Crippen LogP contribution in [0.4, 0.5) is 11.4 Å². The van der Waals surface area contributed by atoms with Crippen molar-refractivity contribution in [1.29, 1.82) is 0 Å². The third-order valence-electron chi connectivity index (χ3n) is 5.32. The van der Waals surface area contributed by atoms with E-state index in [0.717, 1.165) is 22.5 Å². The van der Waals surface area contributed by atoms with Gasteiger partial charge in [-0.3, -0.25) is 14.5 Å². The molecule has 1 saturated heterocycles. The van der Waals surface area contributed by atoms with Gasteiger partial charge in [-0.25, -0.2) is 5.01 Å². The Labute approximate surface area is 201 Å². The van der Waals surface area contributed by atoms with E-state index < -0.39 is 4.33 Å². The van der Waals surface area contributed by atoms with Crippen LogP contribution in [-0.2, 0) is 9.59 Å². The van der Waals surface area contributed by atoms with Crippen molar-refractivity contribution in [2.75, 3.05) is 9.91 Å². The number of benzene rings is 3. The van der Waals surface area contributed by atoms with Gasteiger partial charge in [-0.15, -0.1) is 0 Å². The fourth-order valence-corrected chi connectivity index (χ4v) is 6.59. The Hall–Kier alpha value is -3.29. The van der Waals surface area contributed by atoms with Gasteiger partial charge in [0.2, 0.25) is 4.33 Å². The lowest BCUT2D eigenvalue weighted by Crippen LogP contribution is -2.51. The molecule has 2 heterocycles. The Bertz CT molecular complexity index is 1270. The molecule has 3 aromatic carbocycles. The quantitative estimate of drug-likeness (QED) is 0.445. The second kappa shape index (κ2) is 8.57. The maximum atomic E-state index is 13.8. The summed E-state index contributed by atoms with van der Waals surface area (Å²) in [6.45, 7) is 3.53. The lowest BCUT2D eigenvalue weighted by molar-refractivity contribution is -0.114. The van der Waals surface area contributed by atoms with Gasteiger partial charge in [0.05, 0.1) is 10.6 Å². The predicted octanol–water partition coefficient (Wildman–Crippen LogP) is 5.88. The molecule has 1 unspecified atom stereocenters. The second-order valence-corrected chi connectivity index (χ2v) is 10.4. The molecule has 33 heavy (non-hydrogen) atoms. The number of Topliss-reactive ketones (excluding diaryl/α,β-unsaturated/α-hetero) is 1. The van der Waals surface area contributed by atoms with Crippen LogP contribution < -0.4 is 9.91 Å². The number of carbonyl (C=O) groups excluding carboxylic acids is 2. The molecule has 0 aliphatic carbocycles. The summed E-state index contributed by atoms with van der Waals surface area (Å²) in [5.41, 5.74) is 3.62. The van der Waals surface area contributed by atoms with Gasteiger partial charge in [-0.05, 0) is 54.6 Å². The highest BCUT2D eigenvalue weighted by Crippen LogP contribution is 2.59. The Morgan fingerprint density at radius 2 is 1.52 bits per heavy atom. The van der Waals surface area contributed by atoms with Crippen molar-refractivity contribution < 1.29 is 9.59 Å². The summed E-state index contributed by atoms with van der Waals surface area (Å²) >= 11 is 2.72. The Kier molecular flexibility index (Phi) is 5.60. The minimum Gasteiger partial charge on any atom is -0.292 e. The highest BCUT2D eigenvalue weighted by molar-refractivity contribution is 8.29. The number of anilines is 2. The zero-order valence-corrected chi connectivity index (χ0v) is 19.8. The van der Waals surface area contributed by atoms with Gasteiger partial charge in [0.25, 0.3) is 5.91 Å². The molecule has 5 rings (SSSR count). The van der Waals surface area contributed by atoms with Gasteiger partial charge < -0.3 is 0 Å². The van der Waals surface area contributed by atoms with Crippen LogP contribution in [0, 0.1) is 6.92 Å². The monoisotopic (exact) mass is 471 g/mol. The molecule has 3 aromatic rings. The molecule has 0 bridgehead atoms. The van der Waals surface area contributed by atoms with Crippen molar-refractivity contribution in [1.82, 2.24) is 0 Å². The zero-order chi connectivity index (χ0) is 23.0. The first-order chi connectivity index (χ1) is 16.0. The van der Waals surface area contributed by atoms with Crippen molar-refractivity contribution >= 4 is 57.7 Å². The fourth-order valence-electron chi connectivity index (χ4n) is 3.72. The van der Waals surface area contributed by atoms with Gasteiger partial charge in [0, 0.05) is 12.6 Å². The van der Waals surface area contributed by atoms with Crippen LogP contribution in [0.3, 0.4) is 0 Å². The first kappa shape index (κ1) is 21.6. The van der Waals surface area contributed by atoms with Crippen LogP contribution in [0.2, 0.25) is 0 Å². The lowest BCUT2D eigenvalue weighted by atomic mass is 10.2. The number of hydrogen-bond donors (Lipinski definition) is 0. The van der Waals surface area contributed by atoms with Crippen molar-refractivity contribution in [3.8, 4) is 0 Å². The van der Waals surface area contributed by atoms with Crippen molar-refractivity contribution in [2.24, 2.45) is 5.10 Å². The fraction of sp³-hybridized carbons (Fsp3) is 0.115. The maximum absolute atomic E-state index is 13.8. The molecule has 0 saturated carbocycles. The third-order valence-corrected chi connectivity index (χ3v) is 8.14. The van der Waals surface area contributed by atoms with Crippen LogP contribution in [0.15, 0.2) is 94.9 Å². The minimum absolute atomic E-state index is 0.125. The number of aryl methyl sites for hydroxylation is 1. The van der Waals surface area contributed by atoms with Crippen LogP contribution in [-0.4, -0.2) is 21.1 Å². The number of nitrogens with zero attached hydrogens (tertiary/aromatic N) is 3. The summed E-state index contributed by atoms with van der Waals surface area (Å²) in [6.07, 6.45) is 1.90. The highest BCUT2D eigenvalue weighted by Gasteiger charge is 2.59. The average Bonchev–Trinajstić information content (AvgIpc) is 3.33. The van der Waals surface area contributed by atoms with Crippen LogP contribution in [0.25, 0.3) is 6.08 Å². The normalized spacial score (nSPS) is 21.2. The van der Waals surface area contributed by atoms with E-state index in [1.54, 1.807) is 9.91 Å². The first-order valence-electron chi connectivity index (χ1n) is 10.5. The largest absolute Gasteiger partial charge is 0.292 e. The van der Waals surface area contributed by atoms with E-state index in [2.05, 4.69) is 0 Å². The Balaban J connectivity index is 1.69. The van der Waals surface area contributed by atoms with E-state index >= 15 is 0 Å². The van der Waals surface area contributed by atoms with Gasteiger partial charge in [-0.1, -0.05) is 78.0 Å². The number of hydrogen-bond acceptors (Lipinski definition) is 6. The van der Waals surface area contributed by atoms with E-state index in [1.807, 2.05) is 97.9 Å². The summed E-state index contributed by atoms with van der Waals surface area (Å²) in [5, 5.41) is 6.87. The Morgan fingerprint density at radius 1 is 0.879 bits per heavy atom. The van der Waals surface area contributed by atoms with Crippen molar-refractivity contribution in [3.05, 3.63) is 101 Å². The van der Waals surface area contributed by atoms with Crippen molar-refractivity contribution in [2.45, 2.75) is 18.2 Å². The second-order valence-electron chi connectivity index (χ2n) is 7.76. The van der Waals surface area contributed by atoms with E-state index in [1.165, 1.54) is 30.4 Å². The SMILES string of the molecule is CC(=O)C1=NN(c2ccc(C)cc2)C2(S1)S/C(=C\c1ccccc1)C(=O)N2c1ccccc1. The molecule has 164 valence electrons. The summed E-state index contributed by atoms with van der Waals surface area (Å²) in [4.78, 5) is 28.6. The molecule has 2 aliphatic rings. The molecular weight excluding hydrogens is 450 g/mol. The molecule has 2 aliphatic heterocycles. The van der Waals surface area contributed by atoms with Crippen molar-refractivity contribution in [3.63, 3.8) is 0 Å². The molecular formula is C26H21N3O2S2. The molecule has 0 aromatic heterocycles. The van der Waals surface area contributed by atoms with E-state index in [9.17, 15) is 9.59 Å². The van der Waals surface area contributed by atoms with Gasteiger partial charge in [0.1, 0.15) is 0 Å². The highest BCUT2D eigenvalue weighted by atomic mass is 32.2. The minimum atomic E-state index is -0.991. The number of hydrazone groups is 1. The number of rotatable bonds is 4. The standard InChI is InChI=1S/C26H21N3O2S2/c1-18-13-15-22(16-14-18)29-26(33-24(27-29)19(2)30)28(21-11-7-4-8-12-21)25(31)23(32-26)17-20-9-5-3-6-10-20/h3-17H,1-2H3/b23-17-. The molecule has 1 fully saturated rings. The van der Waals surface area contributed by atoms with E-state index in [0.29, 0.717) is 9.95 Å². The molecule has 5 nitrogen and oxygen atoms in total. The topological polar surface area (TPSA) is 53.0 Å². The predicted molar refractivity (Wildman–Crippen MR) is 138 cm³/mol. The molecule has 0 radical (unpaired) electrons. The lowest BCUT2D eigenvalue weighted by Gasteiger charge is -2.38. The average molecular weight is 472 g/mol. The summed E-state index contributed by atoms with van der Waals surface area (Å²) in [5.74, 6) is -0.254. The number of thioether (sulfide) groups is 2. The zero-order valence-electron chi connectivity index (χ0n) is 18.1. The summed E-state index contributed by atoms with van der Waals surface area (Å²) < 4.78 is -0.991. The molecule has 1 spiro atoms. The number of amides is 1. The number of ketones is 1. The molecule has 0 N–H and O–H groups in total. The summed E-state index contributed by atoms with van der Waals surface area (Å²) in [6, 6.07) is 27.3. The number of para-hydroxylation sites is 1. The van der Waals surface area contributed by atoms with Crippen LogP contribution >= 0.6 is 23.5 Å². The molecule has 7 heteroatoms. The third kappa shape index (κ3) is 3.87. The smallest absolute Gasteiger partial charge is 0.268 e. The number of carbonyl (C=O) groups is 2. The van der Waals surface area contributed by atoms with Gasteiger partial charge in [-0.2, -0.15) is 5.10 Å². The first-order valence-corrected chi connectivity index (χ1v) is 12.1. The van der Waals surface area contributed by atoms with E-state index in [-0.39, 0.29) is 11.7 Å². The maximum Gasteiger partial charge on any atom is 0.268 e. The van der Waals surface area contributed by atoms with Crippen LogP contribution in [0.5, 0.6) is 0 Å². The van der Waals surface area contributed by atoms with Gasteiger partial charge >= 0.3 is 0 Å².